The van der Waals surface area contributed by atoms with Crippen molar-refractivity contribution in [2.75, 3.05) is 13.1 Å². The van der Waals surface area contributed by atoms with Gasteiger partial charge in [-0.1, -0.05) is 30.0 Å². The molecule has 34 heavy (non-hydrogen) atoms. The molecule has 0 saturated carbocycles. The summed E-state index contributed by atoms with van der Waals surface area (Å²) in [6.45, 7) is 3.06. The van der Waals surface area contributed by atoms with E-state index >= 15 is 0 Å². The van der Waals surface area contributed by atoms with Gasteiger partial charge < -0.3 is 10.0 Å². The van der Waals surface area contributed by atoms with Crippen molar-refractivity contribution in [2.24, 2.45) is 5.92 Å². The molecule has 7 nitrogen and oxygen atoms in total. The number of benzene rings is 2. The molecule has 5 rings (SSSR count). The average molecular weight is 458 g/mol. The van der Waals surface area contributed by atoms with E-state index in [2.05, 4.69) is 22.1 Å². The predicted molar refractivity (Wildman–Crippen MR) is 125 cm³/mol. The van der Waals surface area contributed by atoms with E-state index in [0.29, 0.717) is 30.2 Å². The zero-order chi connectivity index (χ0) is 23.7. The fourth-order valence-electron chi connectivity index (χ4n) is 5.03. The van der Waals surface area contributed by atoms with E-state index in [4.69, 9.17) is 0 Å². The van der Waals surface area contributed by atoms with Gasteiger partial charge in [-0.25, -0.2) is 0 Å². The summed E-state index contributed by atoms with van der Waals surface area (Å²) in [7, 11) is 0. The van der Waals surface area contributed by atoms with E-state index in [9.17, 15) is 19.5 Å². The van der Waals surface area contributed by atoms with Gasteiger partial charge >= 0.3 is 0 Å². The van der Waals surface area contributed by atoms with Crippen molar-refractivity contribution >= 4 is 17.7 Å². The lowest BCUT2D eigenvalue weighted by atomic mass is 9.96. The minimum Gasteiger partial charge on any atom is -0.508 e. The van der Waals surface area contributed by atoms with Gasteiger partial charge in [0.25, 0.3) is 5.91 Å². The van der Waals surface area contributed by atoms with Gasteiger partial charge in [0.15, 0.2) is 0 Å². The minimum absolute atomic E-state index is 0.173. The van der Waals surface area contributed by atoms with E-state index in [0.717, 1.165) is 49.2 Å². The lowest BCUT2D eigenvalue weighted by molar-refractivity contribution is -0.136. The van der Waals surface area contributed by atoms with Crippen molar-refractivity contribution in [1.82, 2.24) is 15.1 Å². The number of hydrogen-bond donors (Lipinski definition) is 2. The first-order valence-electron chi connectivity index (χ1n) is 11.8. The molecule has 1 unspecified atom stereocenters. The molecule has 3 aliphatic heterocycles. The van der Waals surface area contributed by atoms with Crippen LogP contribution in [0.4, 0.5) is 0 Å². The van der Waals surface area contributed by atoms with E-state index in [1.165, 1.54) is 0 Å². The molecule has 1 atom stereocenters. The molecule has 0 radical (unpaired) electrons. The maximum absolute atomic E-state index is 13.0. The zero-order valence-corrected chi connectivity index (χ0v) is 18.9. The van der Waals surface area contributed by atoms with Gasteiger partial charge in [0.1, 0.15) is 11.8 Å². The van der Waals surface area contributed by atoms with Crippen LogP contribution >= 0.6 is 0 Å². The molecule has 2 N–H and O–H groups in total. The van der Waals surface area contributed by atoms with Gasteiger partial charge in [-0.15, -0.1) is 0 Å². The molecule has 7 heteroatoms. The number of amides is 3. The van der Waals surface area contributed by atoms with Crippen molar-refractivity contribution in [2.45, 2.75) is 44.8 Å². The van der Waals surface area contributed by atoms with Crippen molar-refractivity contribution in [3.63, 3.8) is 0 Å². The number of likely N-dealkylation sites (tertiary alicyclic amines) is 1. The van der Waals surface area contributed by atoms with Gasteiger partial charge in [0.05, 0.1) is 0 Å². The number of piperidine rings is 2. The molecular weight excluding hydrogens is 430 g/mol. The molecule has 0 bridgehead atoms. The highest BCUT2D eigenvalue weighted by molar-refractivity contribution is 6.05. The van der Waals surface area contributed by atoms with Crippen LogP contribution in [-0.2, 0) is 22.7 Å². The highest BCUT2D eigenvalue weighted by Gasteiger charge is 2.39. The number of phenolic OH excluding ortho intramolecular Hbond substituents is 1. The number of aromatic hydroxyl groups is 1. The Morgan fingerprint density at radius 2 is 1.82 bits per heavy atom. The Balaban J connectivity index is 1.23. The molecule has 3 aliphatic rings. The molecular formula is C27H27N3O4. The molecule has 2 saturated heterocycles. The van der Waals surface area contributed by atoms with Gasteiger partial charge in [0.2, 0.25) is 11.8 Å². The topological polar surface area (TPSA) is 90.0 Å². The van der Waals surface area contributed by atoms with Gasteiger partial charge in [-0.2, -0.15) is 0 Å². The molecule has 2 aromatic carbocycles. The number of fused-ring (bicyclic) bond motifs is 1. The summed E-state index contributed by atoms with van der Waals surface area (Å²) in [5, 5.41) is 12.0. The Labute approximate surface area is 198 Å². The summed E-state index contributed by atoms with van der Waals surface area (Å²) >= 11 is 0. The fourth-order valence-corrected chi connectivity index (χ4v) is 5.03. The zero-order valence-electron chi connectivity index (χ0n) is 18.9. The van der Waals surface area contributed by atoms with E-state index in [1.54, 1.807) is 23.1 Å². The highest BCUT2D eigenvalue weighted by atomic mass is 16.3. The molecule has 2 aromatic rings. The van der Waals surface area contributed by atoms with Crippen LogP contribution in [0.2, 0.25) is 0 Å². The summed E-state index contributed by atoms with van der Waals surface area (Å²) in [5.74, 6) is 6.45. The average Bonchev–Trinajstić information content (AvgIpc) is 3.15. The molecule has 2 fully saturated rings. The van der Waals surface area contributed by atoms with E-state index < -0.39 is 11.9 Å². The Hall–Kier alpha value is -3.63. The van der Waals surface area contributed by atoms with Crippen molar-refractivity contribution in [3.8, 4) is 17.6 Å². The number of rotatable bonds is 3. The lowest BCUT2D eigenvalue weighted by Crippen LogP contribution is -2.52. The standard InChI is InChI=1S/C27H27N3O4/c31-21-5-1-3-19(15-21)16-29-13-11-18(12-14-29)7-8-20-4-2-6-22-23(20)17-30(27(22)34)24-9-10-25(32)28-26(24)33/h1-6,15,18,24,31H,9-14,16-17H2,(H,28,32,33). The summed E-state index contributed by atoms with van der Waals surface area (Å²) in [6, 6.07) is 12.3. The molecule has 3 amide bonds. The Morgan fingerprint density at radius 1 is 1.03 bits per heavy atom. The maximum Gasteiger partial charge on any atom is 0.255 e. The Morgan fingerprint density at radius 3 is 2.59 bits per heavy atom. The van der Waals surface area contributed by atoms with Crippen LogP contribution in [0.3, 0.4) is 0 Å². The quantitative estimate of drug-likeness (QED) is 0.546. The summed E-state index contributed by atoms with van der Waals surface area (Å²) in [5.41, 5.74) is 3.40. The minimum atomic E-state index is -0.616. The second kappa shape index (κ2) is 9.32. The highest BCUT2D eigenvalue weighted by Crippen LogP contribution is 2.30. The van der Waals surface area contributed by atoms with Crippen molar-refractivity contribution in [3.05, 3.63) is 64.7 Å². The van der Waals surface area contributed by atoms with Crippen LogP contribution in [-0.4, -0.2) is 51.8 Å². The summed E-state index contributed by atoms with van der Waals surface area (Å²) in [4.78, 5) is 40.7. The third-order valence-electron chi connectivity index (χ3n) is 6.90. The first kappa shape index (κ1) is 22.2. The van der Waals surface area contributed by atoms with Crippen LogP contribution < -0.4 is 5.32 Å². The largest absolute Gasteiger partial charge is 0.508 e. The SMILES string of the molecule is O=C1CCC(N2Cc3c(C#CC4CCN(Cc5cccc(O)c5)CC4)cccc3C2=O)C(=O)N1. The van der Waals surface area contributed by atoms with Gasteiger partial charge in [-0.05, 0) is 67.7 Å². The molecule has 0 spiro atoms. The number of nitrogens with zero attached hydrogens (tertiary/aromatic N) is 2. The van der Waals surface area contributed by atoms with Crippen LogP contribution in [0.15, 0.2) is 42.5 Å². The summed E-state index contributed by atoms with van der Waals surface area (Å²) in [6.07, 6.45) is 2.55. The monoisotopic (exact) mass is 457 g/mol. The maximum atomic E-state index is 13.0. The second-order valence-electron chi connectivity index (χ2n) is 9.22. The second-order valence-corrected chi connectivity index (χ2v) is 9.22. The van der Waals surface area contributed by atoms with Crippen LogP contribution in [0.5, 0.6) is 5.75 Å². The van der Waals surface area contributed by atoms with Crippen molar-refractivity contribution in [1.29, 1.82) is 0 Å². The Bertz CT molecular complexity index is 1200. The number of imide groups is 1. The third-order valence-corrected chi connectivity index (χ3v) is 6.90. The lowest BCUT2D eigenvalue weighted by Gasteiger charge is -2.29. The number of hydrogen-bond acceptors (Lipinski definition) is 5. The number of carbonyl (C=O) groups excluding carboxylic acids is 3. The predicted octanol–water partition coefficient (Wildman–Crippen LogP) is 2.42. The van der Waals surface area contributed by atoms with E-state index in [1.807, 2.05) is 24.3 Å². The summed E-state index contributed by atoms with van der Waals surface area (Å²) < 4.78 is 0. The van der Waals surface area contributed by atoms with Gasteiger partial charge in [0, 0.05) is 36.6 Å². The van der Waals surface area contributed by atoms with Crippen LogP contribution in [0.25, 0.3) is 0 Å². The fraction of sp³-hybridized carbons (Fsp3) is 0.370. The number of carbonyl (C=O) groups is 3. The van der Waals surface area contributed by atoms with Gasteiger partial charge in [-0.3, -0.25) is 24.6 Å². The smallest absolute Gasteiger partial charge is 0.255 e. The van der Waals surface area contributed by atoms with Crippen LogP contribution in [0, 0.1) is 17.8 Å². The number of phenols is 1. The molecule has 3 heterocycles. The Kier molecular flexibility index (Phi) is 6.08. The van der Waals surface area contributed by atoms with Crippen LogP contribution in [0.1, 0.15) is 52.7 Å². The third kappa shape index (κ3) is 4.55. The normalized spacial score (nSPS) is 21.1. The first-order valence-corrected chi connectivity index (χ1v) is 11.8. The van der Waals surface area contributed by atoms with E-state index in [-0.39, 0.29) is 18.2 Å². The molecule has 174 valence electrons. The molecule has 0 aliphatic carbocycles. The first-order chi connectivity index (χ1) is 16.5. The molecule has 0 aromatic heterocycles. The van der Waals surface area contributed by atoms with Crippen molar-refractivity contribution < 1.29 is 19.5 Å². The number of nitrogens with one attached hydrogen (secondary N) is 1.